The fourth-order valence-electron chi connectivity index (χ4n) is 3.37. The number of aromatic nitrogens is 1. The molecular formula is C17H23F3N4O2. The van der Waals surface area contributed by atoms with Crippen LogP contribution in [0.5, 0.6) is 5.75 Å². The highest BCUT2D eigenvalue weighted by atomic mass is 19.4. The maximum absolute atomic E-state index is 12.3. The van der Waals surface area contributed by atoms with Gasteiger partial charge in [-0.1, -0.05) is 0 Å². The summed E-state index contributed by atoms with van der Waals surface area (Å²) in [7, 11) is 0. The summed E-state index contributed by atoms with van der Waals surface area (Å²) in [5.41, 5.74) is 0. The van der Waals surface area contributed by atoms with E-state index < -0.39 is 6.36 Å². The number of carbonyl (C=O) groups is 1. The Morgan fingerprint density at radius 1 is 1.04 bits per heavy atom. The van der Waals surface area contributed by atoms with Gasteiger partial charge in [0.2, 0.25) is 5.91 Å². The number of hydrogen-bond donors (Lipinski definition) is 0. The van der Waals surface area contributed by atoms with E-state index in [1.54, 1.807) is 0 Å². The zero-order chi connectivity index (χ0) is 18.6. The maximum Gasteiger partial charge on any atom is 0.573 e. The van der Waals surface area contributed by atoms with Crippen molar-refractivity contribution < 1.29 is 22.7 Å². The van der Waals surface area contributed by atoms with Crippen LogP contribution < -0.4 is 9.64 Å². The molecule has 1 amide bonds. The third-order valence-corrected chi connectivity index (χ3v) is 4.68. The summed E-state index contributed by atoms with van der Waals surface area (Å²) < 4.78 is 40.5. The van der Waals surface area contributed by atoms with Gasteiger partial charge in [-0.3, -0.25) is 9.69 Å². The monoisotopic (exact) mass is 372 g/mol. The fourth-order valence-corrected chi connectivity index (χ4v) is 3.37. The minimum atomic E-state index is -4.71. The SMILES string of the molecule is O=C(CN1CCCN(c2ccc(OC(F)(F)F)cn2)CC1)N1CCCC1. The zero-order valence-corrected chi connectivity index (χ0v) is 14.5. The third kappa shape index (κ3) is 5.23. The largest absolute Gasteiger partial charge is 0.573 e. The molecule has 0 bridgehead atoms. The molecule has 2 aliphatic heterocycles. The number of nitrogens with zero attached hydrogens (tertiary/aromatic N) is 4. The van der Waals surface area contributed by atoms with Crippen LogP contribution in [0.4, 0.5) is 19.0 Å². The van der Waals surface area contributed by atoms with Gasteiger partial charge < -0.3 is 14.5 Å². The number of carbonyl (C=O) groups excluding carboxylic acids is 1. The second kappa shape index (κ2) is 8.11. The first-order valence-corrected chi connectivity index (χ1v) is 8.87. The van der Waals surface area contributed by atoms with Gasteiger partial charge in [0.15, 0.2) is 0 Å². The van der Waals surface area contributed by atoms with Gasteiger partial charge in [0.1, 0.15) is 11.6 Å². The normalized spacial score (nSPS) is 19.5. The Kier molecular flexibility index (Phi) is 5.85. The summed E-state index contributed by atoms with van der Waals surface area (Å²) >= 11 is 0. The molecule has 2 saturated heterocycles. The second-order valence-electron chi connectivity index (χ2n) is 6.60. The molecule has 0 aliphatic carbocycles. The van der Waals surface area contributed by atoms with Crippen LogP contribution in [-0.2, 0) is 4.79 Å². The van der Waals surface area contributed by atoms with Gasteiger partial charge in [0, 0.05) is 39.3 Å². The Bertz CT molecular complexity index is 603. The molecule has 1 aromatic heterocycles. The Morgan fingerprint density at radius 3 is 2.46 bits per heavy atom. The summed E-state index contributed by atoms with van der Waals surface area (Å²) in [6.45, 7) is 5.12. The molecule has 0 spiro atoms. The minimum absolute atomic E-state index is 0.183. The first-order chi connectivity index (χ1) is 12.4. The van der Waals surface area contributed by atoms with E-state index in [4.69, 9.17) is 0 Å². The molecule has 3 rings (SSSR count). The van der Waals surface area contributed by atoms with Crippen LogP contribution in [0.25, 0.3) is 0 Å². The lowest BCUT2D eigenvalue weighted by molar-refractivity contribution is -0.274. The molecule has 0 atom stereocenters. The second-order valence-corrected chi connectivity index (χ2v) is 6.60. The number of halogens is 3. The van der Waals surface area contributed by atoms with Crippen molar-refractivity contribution in [2.75, 3.05) is 50.7 Å². The van der Waals surface area contributed by atoms with Crippen LogP contribution >= 0.6 is 0 Å². The number of anilines is 1. The Balaban J connectivity index is 1.52. The number of amides is 1. The highest BCUT2D eigenvalue weighted by molar-refractivity contribution is 5.78. The lowest BCUT2D eigenvalue weighted by atomic mass is 10.3. The molecule has 0 radical (unpaired) electrons. The van der Waals surface area contributed by atoms with Crippen LogP contribution in [0.15, 0.2) is 18.3 Å². The van der Waals surface area contributed by atoms with Crippen molar-refractivity contribution in [3.05, 3.63) is 18.3 Å². The molecule has 3 heterocycles. The van der Waals surface area contributed by atoms with E-state index >= 15 is 0 Å². The van der Waals surface area contributed by atoms with E-state index in [1.807, 2.05) is 9.80 Å². The number of alkyl halides is 3. The molecule has 0 N–H and O–H groups in total. The van der Waals surface area contributed by atoms with Gasteiger partial charge in [-0.2, -0.15) is 0 Å². The first kappa shape index (κ1) is 18.8. The van der Waals surface area contributed by atoms with Crippen molar-refractivity contribution in [3.63, 3.8) is 0 Å². The summed E-state index contributed by atoms with van der Waals surface area (Å²) in [5.74, 6) is 0.476. The maximum atomic E-state index is 12.3. The Morgan fingerprint density at radius 2 is 1.81 bits per heavy atom. The van der Waals surface area contributed by atoms with Crippen LogP contribution in [-0.4, -0.2) is 72.9 Å². The summed E-state index contributed by atoms with van der Waals surface area (Å²) in [5, 5.41) is 0. The van der Waals surface area contributed by atoms with E-state index in [1.165, 1.54) is 12.1 Å². The van der Waals surface area contributed by atoms with Gasteiger partial charge in [0.25, 0.3) is 0 Å². The number of rotatable bonds is 4. The van der Waals surface area contributed by atoms with Crippen LogP contribution in [0.3, 0.4) is 0 Å². The van der Waals surface area contributed by atoms with Crippen molar-refractivity contribution in [2.24, 2.45) is 0 Å². The first-order valence-electron chi connectivity index (χ1n) is 8.87. The van der Waals surface area contributed by atoms with E-state index in [0.29, 0.717) is 18.9 Å². The number of ether oxygens (including phenoxy) is 1. The molecular weight excluding hydrogens is 349 g/mol. The Hall–Kier alpha value is -2.03. The molecule has 1 aromatic rings. The molecule has 0 aromatic carbocycles. The van der Waals surface area contributed by atoms with Crippen molar-refractivity contribution in [2.45, 2.75) is 25.6 Å². The molecule has 2 fully saturated rings. The van der Waals surface area contributed by atoms with E-state index in [-0.39, 0.29) is 11.7 Å². The lowest BCUT2D eigenvalue weighted by Gasteiger charge is -2.24. The lowest BCUT2D eigenvalue weighted by Crippen LogP contribution is -2.40. The predicted octanol–water partition coefficient (Wildman–Crippen LogP) is 2.11. The van der Waals surface area contributed by atoms with Gasteiger partial charge in [-0.25, -0.2) is 4.98 Å². The van der Waals surface area contributed by atoms with E-state index in [0.717, 1.165) is 58.2 Å². The number of hydrogen-bond acceptors (Lipinski definition) is 5. The molecule has 144 valence electrons. The standard InChI is InChI=1S/C17H23F3N4O2/c18-17(19,20)26-14-4-5-15(21-12-14)23-9-3-6-22(10-11-23)13-16(25)24-7-1-2-8-24/h4-5,12H,1-3,6-11,13H2. The van der Waals surface area contributed by atoms with E-state index in [9.17, 15) is 18.0 Å². The average molecular weight is 372 g/mol. The van der Waals surface area contributed by atoms with Crippen molar-refractivity contribution in [1.82, 2.24) is 14.8 Å². The van der Waals surface area contributed by atoms with Crippen LogP contribution in [0, 0.1) is 0 Å². The van der Waals surface area contributed by atoms with Crippen molar-refractivity contribution >= 4 is 11.7 Å². The third-order valence-electron chi connectivity index (χ3n) is 4.68. The molecule has 2 aliphatic rings. The zero-order valence-electron chi connectivity index (χ0n) is 14.5. The predicted molar refractivity (Wildman–Crippen MR) is 90.0 cm³/mol. The molecule has 9 heteroatoms. The molecule has 26 heavy (non-hydrogen) atoms. The van der Waals surface area contributed by atoms with Crippen molar-refractivity contribution in [3.8, 4) is 5.75 Å². The summed E-state index contributed by atoms with van der Waals surface area (Å²) in [6, 6.07) is 2.81. The van der Waals surface area contributed by atoms with Gasteiger partial charge >= 0.3 is 6.36 Å². The number of likely N-dealkylation sites (tertiary alicyclic amines) is 1. The molecule has 0 saturated carbocycles. The summed E-state index contributed by atoms with van der Waals surface area (Å²) in [6.07, 6.45) is -0.592. The highest BCUT2D eigenvalue weighted by Crippen LogP contribution is 2.24. The number of pyridine rings is 1. The van der Waals surface area contributed by atoms with Gasteiger partial charge in [-0.05, 0) is 31.4 Å². The van der Waals surface area contributed by atoms with Crippen molar-refractivity contribution in [1.29, 1.82) is 0 Å². The molecule has 6 nitrogen and oxygen atoms in total. The quantitative estimate of drug-likeness (QED) is 0.810. The molecule has 0 unspecified atom stereocenters. The van der Waals surface area contributed by atoms with Gasteiger partial charge in [0.05, 0.1) is 12.7 Å². The van der Waals surface area contributed by atoms with Crippen LogP contribution in [0.2, 0.25) is 0 Å². The fraction of sp³-hybridized carbons (Fsp3) is 0.647. The van der Waals surface area contributed by atoms with Gasteiger partial charge in [-0.15, -0.1) is 13.2 Å². The summed E-state index contributed by atoms with van der Waals surface area (Å²) in [4.78, 5) is 22.5. The topological polar surface area (TPSA) is 48.9 Å². The average Bonchev–Trinajstić information content (AvgIpc) is 3.02. The minimum Gasteiger partial charge on any atom is -0.404 e. The highest BCUT2D eigenvalue weighted by Gasteiger charge is 2.31. The van der Waals surface area contributed by atoms with Crippen LogP contribution in [0.1, 0.15) is 19.3 Å². The van der Waals surface area contributed by atoms with E-state index in [2.05, 4.69) is 14.6 Å². The smallest absolute Gasteiger partial charge is 0.404 e. The Labute approximate surface area is 150 Å².